The molecule has 6 rings (SSSR count). The average molecular weight is 589 g/mol. The van der Waals surface area contributed by atoms with Crippen LogP contribution in [0.15, 0.2) is 85.2 Å². The van der Waals surface area contributed by atoms with Gasteiger partial charge in [-0.1, -0.05) is 24.3 Å². The molecule has 2 N–H and O–H groups in total. The van der Waals surface area contributed by atoms with Gasteiger partial charge in [-0.2, -0.15) is 0 Å². The lowest BCUT2D eigenvalue weighted by Gasteiger charge is -2.10. The summed E-state index contributed by atoms with van der Waals surface area (Å²) in [6.45, 7) is 4.34. The first-order chi connectivity index (χ1) is 21.3. The van der Waals surface area contributed by atoms with Gasteiger partial charge in [0.2, 0.25) is 0 Å². The number of amides is 2. The summed E-state index contributed by atoms with van der Waals surface area (Å²) in [5.41, 5.74) is 7.06. The third-order valence-corrected chi connectivity index (χ3v) is 7.52. The highest BCUT2D eigenvalue weighted by Gasteiger charge is 2.19. The molecule has 0 saturated carbocycles. The summed E-state index contributed by atoms with van der Waals surface area (Å²) in [6.07, 6.45) is 3.78. The van der Waals surface area contributed by atoms with E-state index in [0.717, 1.165) is 33.8 Å². The Bertz CT molecular complexity index is 1880. The summed E-state index contributed by atoms with van der Waals surface area (Å²) in [6, 6.07) is 22.8. The van der Waals surface area contributed by atoms with E-state index in [1.165, 1.54) is 0 Å². The minimum Gasteiger partial charge on any atom is -0.497 e. The van der Waals surface area contributed by atoms with Crippen molar-refractivity contribution in [2.24, 2.45) is 0 Å². The van der Waals surface area contributed by atoms with Crippen LogP contribution in [0.3, 0.4) is 0 Å². The normalized spacial score (nSPS) is 11.1. The molecule has 44 heavy (non-hydrogen) atoms. The van der Waals surface area contributed by atoms with Crippen LogP contribution in [0, 0.1) is 13.8 Å². The molecule has 0 aliphatic rings. The highest BCUT2D eigenvalue weighted by atomic mass is 16.5. The Morgan fingerprint density at radius 2 is 1.09 bits per heavy atom. The van der Waals surface area contributed by atoms with Gasteiger partial charge in [0.1, 0.15) is 34.2 Å². The zero-order chi connectivity index (χ0) is 30.8. The van der Waals surface area contributed by atoms with Gasteiger partial charge >= 0.3 is 0 Å². The third-order valence-electron chi connectivity index (χ3n) is 7.52. The molecule has 2 amide bonds. The molecule has 6 aromatic rings. The van der Waals surface area contributed by atoms with Crippen LogP contribution in [0.1, 0.15) is 43.5 Å². The van der Waals surface area contributed by atoms with E-state index in [-0.39, 0.29) is 11.8 Å². The number of nitrogens with one attached hydrogen (secondary N) is 2. The van der Waals surface area contributed by atoms with E-state index in [4.69, 9.17) is 9.47 Å². The molecule has 0 bridgehead atoms. The molecule has 0 saturated heterocycles. The van der Waals surface area contributed by atoms with Crippen LogP contribution < -0.4 is 20.1 Å². The molecule has 222 valence electrons. The molecule has 0 spiro atoms. The monoisotopic (exact) mass is 588 g/mol. The topological polar surface area (TPSA) is 111 Å². The molecule has 4 heterocycles. The molecular weight excluding hydrogens is 556 g/mol. The van der Waals surface area contributed by atoms with Crippen molar-refractivity contribution in [1.29, 1.82) is 0 Å². The Labute approximate surface area is 254 Å². The summed E-state index contributed by atoms with van der Waals surface area (Å²) >= 11 is 0. The lowest BCUT2D eigenvalue weighted by Crippen LogP contribution is -2.25. The van der Waals surface area contributed by atoms with Crippen LogP contribution in [0.4, 0.5) is 0 Å². The summed E-state index contributed by atoms with van der Waals surface area (Å²) < 4.78 is 14.2. The highest BCUT2D eigenvalue weighted by molar-refractivity contribution is 5.95. The Hall–Kier alpha value is -5.64. The minimum absolute atomic E-state index is 0.231. The summed E-state index contributed by atoms with van der Waals surface area (Å²) in [7, 11) is 3.23. The fourth-order valence-corrected chi connectivity index (χ4v) is 5.31. The zero-order valence-electron chi connectivity index (χ0n) is 24.9. The molecule has 0 radical (unpaired) electrons. The minimum atomic E-state index is -0.231. The molecule has 0 atom stereocenters. The first-order valence-electron chi connectivity index (χ1n) is 14.1. The van der Waals surface area contributed by atoms with Crippen LogP contribution in [-0.2, 0) is 13.1 Å². The second kappa shape index (κ2) is 11.9. The standard InChI is InChI=1S/C34H32N6O4/c1-21-31(33(41)35-17-23-7-5-9-27(15-23)43-3)39-19-25(11-13-29(39)37-21)26-12-14-30-38-22(2)32(40(30)20-26)34(42)36-18-24-8-6-10-28(16-24)44-4/h5-16,19-20H,17-18H2,1-4H3,(H,35,41)(H,36,42). The SMILES string of the molecule is COc1cccc(CNC(=O)c2c(C)nc3ccc(-c4ccc5nc(C)c(C(=O)NCc6cccc(OC)c6)n5c4)cn23)c1. The number of hydrogen-bond acceptors (Lipinski definition) is 6. The average Bonchev–Trinajstić information content (AvgIpc) is 3.56. The largest absolute Gasteiger partial charge is 0.497 e. The van der Waals surface area contributed by atoms with Gasteiger partial charge < -0.3 is 20.1 Å². The lowest BCUT2D eigenvalue weighted by molar-refractivity contribution is 0.0936. The second-order valence-electron chi connectivity index (χ2n) is 10.5. The van der Waals surface area contributed by atoms with Crippen molar-refractivity contribution in [2.45, 2.75) is 26.9 Å². The number of aromatic nitrogens is 4. The summed E-state index contributed by atoms with van der Waals surface area (Å²) in [5.74, 6) is 1.00. The first-order valence-corrected chi connectivity index (χ1v) is 14.1. The van der Waals surface area contributed by atoms with Crippen LogP contribution in [0.2, 0.25) is 0 Å². The predicted molar refractivity (Wildman–Crippen MR) is 167 cm³/mol. The number of aryl methyl sites for hydroxylation is 2. The summed E-state index contributed by atoms with van der Waals surface area (Å²) in [4.78, 5) is 35.9. The van der Waals surface area contributed by atoms with Crippen molar-refractivity contribution >= 4 is 23.1 Å². The number of benzene rings is 2. The van der Waals surface area contributed by atoms with E-state index in [2.05, 4.69) is 20.6 Å². The molecule has 0 aliphatic carbocycles. The van der Waals surface area contributed by atoms with E-state index in [1.807, 2.05) is 99.0 Å². The van der Waals surface area contributed by atoms with E-state index in [9.17, 15) is 9.59 Å². The van der Waals surface area contributed by atoms with Crippen molar-refractivity contribution in [2.75, 3.05) is 14.2 Å². The maximum Gasteiger partial charge on any atom is 0.270 e. The molecule has 10 heteroatoms. The Balaban J connectivity index is 1.27. The van der Waals surface area contributed by atoms with Crippen molar-refractivity contribution in [3.63, 3.8) is 0 Å². The van der Waals surface area contributed by atoms with Gasteiger partial charge in [-0.3, -0.25) is 18.4 Å². The maximum absolute atomic E-state index is 13.3. The smallest absolute Gasteiger partial charge is 0.270 e. The van der Waals surface area contributed by atoms with E-state index >= 15 is 0 Å². The molecule has 2 aromatic carbocycles. The molecule has 10 nitrogen and oxygen atoms in total. The Kier molecular flexibility index (Phi) is 7.72. The fraction of sp³-hybridized carbons (Fsp3) is 0.176. The van der Waals surface area contributed by atoms with E-state index < -0.39 is 0 Å². The fourth-order valence-electron chi connectivity index (χ4n) is 5.31. The Morgan fingerprint density at radius 3 is 1.50 bits per heavy atom. The number of carbonyl (C=O) groups excluding carboxylic acids is 2. The van der Waals surface area contributed by atoms with Gasteiger partial charge in [-0.15, -0.1) is 0 Å². The van der Waals surface area contributed by atoms with Gasteiger partial charge in [0.15, 0.2) is 0 Å². The van der Waals surface area contributed by atoms with Crippen molar-refractivity contribution in [1.82, 2.24) is 29.4 Å². The number of carbonyl (C=O) groups is 2. The van der Waals surface area contributed by atoms with Gasteiger partial charge in [-0.05, 0) is 84.6 Å². The number of nitrogens with zero attached hydrogens (tertiary/aromatic N) is 4. The molecule has 0 unspecified atom stereocenters. The van der Waals surface area contributed by atoms with Crippen LogP contribution in [0.5, 0.6) is 11.5 Å². The highest BCUT2D eigenvalue weighted by Crippen LogP contribution is 2.25. The van der Waals surface area contributed by atoms with E-state index in [1.54, 1.807) is 23.0 Å². The molecular formula is C34H32N6O4. The van der Waals surface area contributed by atoms with Gasteiger partial charge in [-0.25, -0.2) is 9.97 Å². The predicted octanol–water partition coefficient (Wildman–Crippen LogP) is 5.14. The van der Waals surface area contributed by atoms with Crippen LogP contribution in [-0.4, -0.2) is 44.8 Å². The second-order valence-corrected chi connectivity index (χ2v) is 10.5. The quantitative estimate of drug-likeness (QED) is 0.242. The number of imidazole rings is 2. The van der Waals surface area contributed by atoms with Crippen molar-refractivity contribution in [3.05, 3.63) is 119 Å². The van der Waals surface area contributed by atoms with Crippen LogP contribution in [0.25, 0.3) is 22.4 Å². The van der Waals surface area contributed by atoms with Crippen LogP contribution >= 0.6 is 0 Å². The third kappa shape index (κ3) is 5.57. The number of hydrogen-bond donors (Lipinski definition) is 2. The van der Waals surface area contributed by atoms with Gasteiger partial charge in [0, 0.05) is 25.5 Å². The maximum atomic E-state index is 13.3. The molecule has 0 fully saturated rings. The number of rotatable bonds is 9. The summed E-state index contributed by atoms with van der Waals surface area (Å²) in [5, 5.41) is 6.01. The Morgan fingerprint density at radius 1 is 0.659 bits per heavy atom. The van der Waals surface area contributed by atoms with Crippen molar-refractivity contribution in [3.8, 4) is 22.6 Å². The number of fused-ring (bicyclic) bond motifs is 2. The molecule has 4 aromatic heterocycles. The van der Waals surface area contributed by atoms with Gasteiger partial charge in [0.25, 0.3) is 11.8 Å². The lowest BCUT2D eigenvalue weighted by atomic mass is 10.1. The molecule has 0 aliphatic heterocycles. The zero-order valence-corrected chi connectivity index (χ0v) is 24.9. The number of pyridine rings is 2. The first kappa shape index (κ1) is 28.5. The van der Waals surface area contributed by atoms with E-state index in [0.29, 0.717) is 47.2 Å². The van der Waals surface area contributed by atoms with Gasteiger partial charge in [0.05, 0.1) is 25.6 Å². The number of methoxy groups -OCH3 is 2. The van der Waals surface area contributed by atoms with Crippen molar-refractivity contribution < 1.29 is 19.1 Å². The number of ether oxygens (including phenoxy) is 2.